The number of fused-ring (bicyclic) bond motifs is 2. The van der Waals surface area contributed by atoms with Gasteiger partial charge >= 0.3 is 0 Å². The van der Waals surface area contributed by atoms with Crippen molar-refractivity contribution < 1.29 is 9.59 Å². The van der Waals surface area contributed by atoms with Crippen molar-refractivity contribution in [3.8, 4) is 0 Å². The molecule has 6 heteroatoms. The highest BCUT2D eigenvalue weighted by atomic mass is 32.1. The monoisotopic (exact) mass is 367 g/mol. The summed E-state index contributed by atoms with van der Waals surface area (Å²) < 4.78 is 0. The third-order valence-corrected chi connectivity index (χ3v) is 5.92. The summed E-state index contributed by atoms with van der Waals surface area (Å²) in [4.78, 5) is 31.3. The van der Waals surface area contributed by atoms with E-state index < -0.39 is 6.04 Å². The number of para-hydroxylation sites is 1. The van der Waals surface area contributed by atoms with E-state index in [0.29, 0.717) is 19.5 Å². The molecule has 0 radical (unpaired) electrons. The van der Waals surface area contributed by atoms with Gasteiger partial charge in [-0.3, -0.25) is 9.59 Å². The van der Waals surface area contributed by atoms with Gasteiger partial charge in [-0.05, 0) is 35.1 Å². The molecule has 1 aliphatic rings. The average molecular weight is 367 g/mol. The molecule has 1 unspecified atom stereocenters. The Bertz CT molecular complexity index is 959. The summed E-state index contributed by atoms with van der Waals surface area (Å²) in [7, 11) is 0. The van der Waals surface area contributed by atoms with Gasteiger partial charge in [-0.25, -0.2) is 0 Å². The van der Waals surface area contributed by atoms with Gasteiger partial charge in [0.2, 0.25) is 11.8 Å². The summed E-state index contributed by atoms with van der Waals surface area (Å²) in [5, 5.41) is 6.03. The number of amides is 2. The van der Waals surface area contributed by atoms with Gasteiger partial charge < -0.3 is 15.2 Å². The number of aromatic nitrogens is 1. The molecule has 1 atom stereocenters. The van der Waals surface area contributed by atoms with Gasteiger partial charge in [0.15, 0.2) is 0 Å². The molecule has 2 amide bonds. The van der Waals surface area contributed by atoms with Gasteiger partial charge in [0, 0.05) is 48.4 Å². The molecule has 134 valence electrons. The van der Waals surface area contributed by atoms with Crippen LogP contribution in [0.2, 0.25) is 0 Å². The second-order valence-electron chi connectivity index (χ2n) is 6.70. The number of nitrogens with one attached hydrogen (secondary N) is 2. The van der Waals surface area contributed by atoms with Crippen molar-refractivity contribution in [2.24, 2.45) is 0 Å². The van der Waals surface area contributed by atoms with Gasteiger partial charge in [0.05, 0.1) is 0 Å². The van der Waals surface area contributed by atoms with Crippen LogP contribution in [0.4, 0.5) is 0 Å². The molecule has 2 N–H and O–H groups in total. The standard InChI is InChI=1S/C20H21N3O2S/c1-13(24)22-18(10-15-11-21-17-5-3-2-4-16(15)17)20(25)23-8-6-19-14(12-23)7-9-26-19/h2-5,7,9,11,18,21H,6,8,10,12H2,1H3,(H,22,24). The molecule has 1 aliphatic heterocycles. The SMILES string of the molecule is CC(=O)NC(Cc1c[nH]c2ccccc12)C(=O)N1CCc2sccc2C1. The number of rotatable bonds is 4. The molecule has 2 aromatic heterocycles. The molecule has 0 saturated carbocycles. The van der Waals surface area contributed by atoms with Crippen LogP contribution in [0.1, 0.15) is 22.9 Å². The molecule has 0 spiro atoms. The van der Waals surface area contributed by atoms with Crippen molar-refractivity contribution in [3.05, 3.63) is 57.9 Å². The Hall–Kier alpha value is -2.60. The Morgan fingerprint density at radius 3 is 3.00 bits per heavy atom. The van der Waals surface area contributed by atoms with E-state index in [-0.39, 0.29) is 11.8 Å². The van der Waals surface area contributed by atoms with Gasteiger partial charge in [-0.1, -0.05) is 18.2 Å². The number of carbonyl (C=O) groups excluding carboxylic acids is 2. The van der Waals surface area contributed by atoms with Gasteiger partial charge in [0.25, 0.3) is 0 Å². The van der Waals surface area contributed by atoms with Crippen molar-refractivity contribution in [1.29, 1.82) is 0 Å². The molecular weight excluding hydrogens is 346 g/mol. The van der Waals surface area contributed by atoms with Crippen LogP contribution in [0.5, 0.6) is 0 Å². The summed E-state index contributed by atoms with van der Waals surface area (Å²) in [5.74, 6) is -0.196. The lowest BCUT2D eigenvalue weighted by Crippen LogP contribution is -2.50. The largest absolute Gasteiger partial charge is 0.361 e. The highest BCUT2D eigenvalue weighted by molar-refractivity contribution is 7.10. The number of aromatic amines is 1. The fourth-order valence-corrected chi connectivity index (χ4v) is 4.51. The normalized spacial score (nSPS) is 14.9. The molecule has 1 aromatic carbocycles. The van der Waals surface area contributed by atoms with Crippen molar-refractivity contribution in [1.82, 2.24) is 15.2 Å². The molecular formula is C20H21N3O2S. The predicted molar refractivity (Wildman–Crippen MR) is 103 cm³/mol. The van der Waals surface area contributed by atoms with Crippen LogP contribution in [-0.4, -0.2) is 34.3 Å². The summed E-state index contributed by atoms with van der Waals surface area (Å²) in [6.07, 6.45) is 3.30. The first kappa shape index (κ1) is 16.8. The van der Waals surface area contributed by atoms with E-state index in [1.54, 1.807) is 11.3 Å². The number of carbonyl (C=O) groups is 2. The molecule has 4 rings (SSSR count). The van der Waals surface area contributed by atoms with E-state index in [2.05, 4.69) is 21.7 Å². The number of H-pyrrole nitrogens is 1. The topological polar surface area (TPSA) is 65.2 Å². The predicted octanol–water partition coefficient (Wildman–Crippen LogP) is 2.86. The van der Waals surface area contributed by atoms with E-state index in [9.17, 15) is 9.59 Å². The maximum Gasteiger partial charge on any atom is 0.245 e. The van der Waals surface area contributed by atoms with Crippen LogP contribution < -0.4 is 5.32 Å². The van der Waals surface area contributed by atoms with Crippen LogP contribution in [0.3, 0.4) is 0 Å². The molecule has 3 heterocycles. The minimum absolute atomic E-state index is 0.0117. The first-order valence-electron chi connectivity index (χ1n) is 8.78. The molecule has 5 nitrogen and oxygen atoms in total. The lowest BCUT2D eigenvalue weighted by Gasteiger charge is -2.30. The van der Waals surface area contributed by atoms with Crippen LogP contribution in [0.15, 0.2) is 41.9 Å². The zero-order valence-corrected chi connectivity index (χ0v) is 15.4. The van der Waals surface area contributed by atoms with Crippen LogP contribution in [0, 0.1) is 0 Å². The van der Waals surface area contributed by atoms with Crippen LogP contribution in [-0.2, 0) is 29.0 Å². The summed E-state index contributed by atoms with van der Waals surface area (Å²) >= 11 is 1.75. The Kier molecular flexibility index (Phi) is 4.51. The van der Waals surface area contributed by atoms with Crippen LogP contribution in [0.25, 0.3) is 10.9 Å². The Labute approximate surface area is 156 Å². The van der Waals surface area contributed by atoms with Crippen molar-refractivity contribution in [2.45, 2.75) is 32.4 Å². The van der Waals surface area contributed by atoms with Gasteiger partial charge in [-0.2, -0.15) is 0 Å². The first-order chi connectivity index (χ1) is 12.6. The van der Waals surface area contributed by atoms with Crippen molar-refractivity contribution in [3.63, 3.8) is 0 Å². The van der Waals surface area contributed by atoms with E-state index in [1.165, 1.54) is 17.4 Å². The second-order valence-corrected chi connectivity index (χ2v) is 7.70. The lowest BCUT2D eigenvalue weighted by molar-refractivity contribution is -0.136. The molecule has 0 saturated heterocycles. The second kappa shape index (κ2) is 6.96. The third kappa shape index (κ3) is 3.24. The minimum Gasteiger partial charge on any atom is -0.361 e. The zero-order chi connectivity index (χ0) is 18.1. The molecule has 0 aliphatic carbocycles. The van der Waals surface area contributed by atoms with Gasteiger partial charge in [-0.15, -0.1) is 11.3 Å². The number of benzene rings is 1. The smallest absolute Gasteiger partial charge is 0.245 e. The fraction of sp³-hybridized carbons (Fsp3) is 0.300. The van der Waals surface area contributed by atoms with Gasteiger partial charge in [0.1, 0.15) is 6.04 Å². The number of hydrogen-bond acceptors (Lipinski definition) is 3. The molecule has 26 heavy (non-hydrogen) atoms. The quantitative estimate of drug-likeness (QED) is 0.745. The average Bonchev–Trinajstić information content (AvgIpc) is 3.26. The summed E-state index contributed by atoms with van der Waals surface area (Å²) in [6.45, 7) is 2.79. The fourth-order valence-electron chi connectivity index (χ4n) is 3.62. The highest BCUT2D eigenvalue weighted by Gasteiger charge is 2.29. The summed E-state index contributed by atoms with van der Waals surface area (Å²) in [5.41, 5.74) is 3.31. The number of hydrogen-bond donors (Lipinski definition) is 2. The summed E-state index contributed by atoms with van der Waals surface area (Å²) in [6, 6.07) is 9.55. The number of thiophene rings is 1. The lowest BCUT2D eigenvalue weighted by atomic mass is 10.0. The highest BCUT2D eigenvalue weighted by Crippen LogP contribution is 2.25. The zero-order valence-electron chi connectivity index (χ0n) is 14.6. The Morgan fingerprint density at radius 1 is 1.31 bits per heavy atom. The maximum atomic E-state index is 13.1. The molecule has 3 aromatic rings. The number of nitrogens with zero attached hydrogens (tertiary/aromatic N) is 1. The van der Waals surface area contributed by atoms with E-state index >= 15 is 0 Å². The third-order valence-electron chi connectivity index (χ3n) is 4.89. The van der Waals surface area contributed by atoms with E-state index in [1.807, 2.05) is 35.4 Å². The Balaban J connectivity index is 1.56. The van der Waals surface area contributed by atoms with Crippen LogP contribution >= 0.6 is 11.3 Å². The minimum atomic E-state index is -0.549. The van der Waals surface area contributed by atoms with Crippen molar-refractivity contribution in [2.75, 3.05) is 6.54 Å². The van der Waals surface area contributed by atoms with Crippen molar-refractivity contribution >= 4 is 34.1 Å². The maximum absolute atomic E-state index is 13.1. The molecule has 0 fully saturated rings. The first-order valence-corrected chi connectivity index (χ1v) is 9.66. The van der Waals surface area contributed by atoms with E-state index in [0.717, 1.165) is 22.9 Å². The Morgan fingerprint density at radius 2 is 2.15 bits per heavy atom. The molecule has 0 bridgehead atoms. The van der Waals surface area contributed by atoms with E-state index in [4.69, 9.17) is 0 Å².